The summed E-state index contributed by atoms with van der Waals surface area (Å²) in [5.41, 5.74) is 2.12. The molecule has 5 heteroatoms. The van der Waals surface area contributed by atoms with Gasteiger partial charge in [-0.1, -0.05) is 37.6 Å². The lowest BCUT2D eigenvalue weighted by Gasteiger charge is -2.29. The number of hydrogen-bond acceptors (Lipinski definition) is 2. The van der Waals surface area contributed by atoms with Gasteiger partial charge in [0.2, 0.25) is 0 Å². The van der Waals surface area contributed by atoms with Crippen LogP contribution in [-0.4, -0.2) is 11.7 Å². The second-order valence-corrected chi connectivity index (χ2v) is 9.11. The zero-order valence-corrected chi connectivity index (χ0v) is 18.0. The van der Waals surface area contributed by atoms with Crippen LogP contribution in [0.15, 0.2) is 30.3 Å². The SMILES string of the molecule is CCCC(O)c1ccc(CCC2CCC(c3ccc(C4CO4)c(F)c3F)CC2)c(F)c1. The van der Waals surface area contributed by atoms with E-state index in [1.165, 1.54) is 6.07 Å². The molecule has 2 aliphatic rings. The van der Waals surface area contributed by atoms with Gasteiger partial charge < -0.3 is 9.84 Å². The van der Waals surface area contributed by atoms with Gasteiger partial charge in [0.1, 0.15) is 11.9 Å². The van der Waals surface area contributed by atoms with Crippen LogP contribution in [0.5, 0.6) is 0 Å². The largest absolute Gasteiger partial charge is 0.388 e. The van der Waals surface area contributed by atoms with Gasteiger partial charge in [0.15, 0.2) is 11.6 Å². The average Bonchev–Trinajstić information content (AvgIpc) is 3.60. The Kier molecular flexibility index (Phi) is 7.02. The van der Waals surface area contributed by atoms with E-state index in [9.17, 15) is 18.3 Å². The standard InChI is InChI=1S/C26H31F3O2/c1-2-3-23(30)19-11-10-18(22(27)14-19)9-6-16-4-7-17(8-5-16)20-12-13-21(24-15-31-24)26(29)25(20)28/h10-14,16-17,23-24,30H,2-9,15H2,1H3. The van der Waals surface area contributed by atoms with Crippen LogP contribution in [0.1, 0.15) is 92.2 Å². The van der Waals surface area contributed by atoms with E-state index in [1.807, 2.05) is 13.0 Å². The Morgan fingerprint density at radius 1 is 1.00 bits per heavy atom. The van der Waals surface area contributed by atoms with E-state index in [1.54, 1.807) is 18.2 Å². The number of aliphatic hydroxyl groups excluding tert-OH is 1. The van der Waals surface area contributed by atoms with Crippen LogP contribution >= 0.6 is 0 Å². The van der Waals surface area contributed by atoms with Crippen LogP contribution in [0.2, 0.25) is 0 Å². The Hall–Kier alpha value is -1.85. The Morgan fingerprint density at radius 2 is 1.68 bits per heavy atom. The lowest BCUT2D eigenvalue weighted by molar-refractivity contribution is 0.166. The van der Waals surface area contributed by atoms with Crippen molar-refractivity contribution in [3.05, 3.63) is 70.0 Å². The summed E-state index contributed by atoms with van der Waals surface area (Å²) in [6.45, 7) is 2.45. The average molecular weight is 433 g/mol. The Labute approximate surface area is 182 Å². The lowest BCUT2D eigenvalue weighted by atomic mass is 9.76. The summed E-state index contributed by atoms with van der Waals surface area (Å²) in [6, 6.07) is 8.47. The number of aliphatic hydroxyl groups is 1. The van der Waals surface area contributed by atoms with E-state index < -0.39 is 17.7 Å². The van der Waals surface area contributed by atoms with Gasteiger partial charge in [-0.25, -0.2) is 13.2 Å². The zero-order chi connectivity index (χ0) is 22.0. The van der Waals surface area contributed by atoms with Crippen molar-refractivity contribution in [1.82, 2.24) is 0 Å². The Balaban J connectivity index is 1.30. The number of hydrogen-bond donors (Lipinski definition) is 1. The number of benzene rings is 2. The highest BCUT2D eigenvalue weighted by atomic mass is 19.2. The number of epoxide rings is 1. The van der Waals surface area contributed by atoms with E-state index in [0.29, 0.717) is 47.6 Å². The third kappa shape index (κ3) is 5.15. The molecule has 2 unspecified atom stereocenters. The maximum Gasteiger partial charge on any atom is 0.165 e. The maximum absolute atomic E-state index is 14.6. The molecule has 1 N–H and O–H groups in total. The summed E-state index contributed by atoms with van der Waals surface area (Å²) in [6.07, 6.45) is 5.65. The Morgan fingerprint density at radius 3 is 2.32 bits per heavy atom. The molecule has 0 bridgehead atoms. The van der Waals surface area contributed by atoms with Crippen LogP contribution < -0.4 is 0 Å². The third-order valence-corrected chi connectivity index (χ3v) is 6.95. The smallest absolute Gasteiger partial charge is 0.165 e. The molecule has 168 valence electrons. The molecule has 1 aliphatic carbocycles. The summed E-state index contributed by atoms with van der Waals surface area (Å²) in [5, 5.41) is 10.0. The first-order valence-corrected chi connectivity index (χ1v) is 11.5. The first-order valence-electron chi connectivity index (χ1n) is 11.5. The van der Waals surface area contributed by atoms with Crippen LogP contribution in [-0.2, 0) is 11.2 Å². The summed E-state index contributed by atoms with van der Waals surface area (Å²) >= 11 is 0. The van der Waals surface area contributed by atoms with E-state index in [-0.39, 0.29) is 17.8 Å². The van der Waals surface area contributed by atoms with Crippen molar-refractivity contribution >= 4 is 0 Å². The molecular formula is C26H31F3O2. The fourth-order valence-corrected chi connectivity index (χ4v) is 4.91. The van der Waals surface area contributed by atoms with E-state index in [2.05, 4.69) is 0 Å². The molecule has 2 atom stereocenters. The molecule has 1 saturated heterocycles. The molecule has 2 aromatic carbocycles. The summed E-state index contributed by atoms with van der Waals surface area (Å²) < 4.78 is 48.5. The minimum absolute atomic E-state index is 0.0380. The fourth-order valence-electron chi connectivity index (χ4n) is 4.91. The molecule has 2 aromatic rings. The Bertz CT molecular complexity index is 902. The van der Waals surface area contributed by atoms with Crippen molar-refractivity contribution in [2.75, 3.05) is 6.61 Å². The molecule has 1 heterocycles. The summed E-state index contributed by atoms with van der Waals surface area (Å²) in [5.74, 6) is -1.23. The third-order valence-electron chi connectivity index (χ3n) is 6.95. The van der Waals surface area contributed by atoms with Gasteiger partial charge in [-0.05, 0) is 79.5 Å². The minimum atomic E-state index is -0.759. The molecule has 4 rings (SSSR count). The molecular weight excluding hydrogens is 401 g/mol. The molecule has 31 heavy (non-hydrogen) atoms. The van der Waals surface area contributed by atoms with E-state index >= 15 is 0 Å². The second-order valence-electron chi connectivity index (χ2n) is 9.11. The number of rotatable bonds is 8. The van der Waals surface area contributed by atoms with Gasteiger partial charge in [0.05, 0.1) is 12.7 Å². The van der Waals surface area contributed by atoms with Gasteiger partial charge in [0, 0.05) is 5.56 Å². The summed E-state index contributed by atoms with van der Waals surface area (Å²) in [4.78, 5) is 0. The van der Waals surface area contributed by atoms with E-state index in [4.69, 9.17) is 4.74 Å². The molecule has 0 aromatic heterocycles. The van der Waals surface area contributed by atoms with Gasteiger partial charge in [-0.15, -0.1) is 0 Å². The van der Waals surface area contributed by atoms with Crippen LogP contribution in [0.3, 0.4) is 0 Å². The predicted molar refractivity (Wildman–Crippen MR) is 114 cm³/mol. The van der Waals surface area contributed by atoms with Gasteiger partial charge >= 0.3 is 0 Å². The molecule has 1 saturated carbocycles. The van der Waals surface area contributed by atoms with Gasteiger partial charge in [-0.3, -0.25) is 0 Å². The first-order chi connectivity index (χ1) is 15.0. The van der Waals surface area contributed by atoms with Crippen molar-refractivity contribution in [3.8, 4) is 0 Å². The molecule has 0 radical (unpaired) electrons. The van der Waals surface area contributed by atoms with Crippen molar-refractivity contribution < 1.29 is 23.0 Å². The first kappa shape index (κ1) is 22.3. The van der Waals surface area contributed by atoms with E-state index in [0.717, 1.165) is 38.5 Å². The molecule has 2 nitrogen and oxygen atoms in total. The van der Waals surface area contributed by atoms with Gasteiger partial charge in [-0.2, -0.15) is 0 Å². The number of ether oxygens (including phenoxy) is 1. The van der Waals surface area contributed by atoms with Crippen molar-refractivity contribution in [2.45, 2.75) is 76.4 Å². The van der Waals surface area contributed by atoms with Crippen molar-refractivity contribution in [1.29, 1.82) is 0 Å². The quantitative estimate of drug-likeness (QED) is 0.460. The highest BCUT2D eigenvalue weighted by Gasteiger charge is 2.32. The zero-order valence-electron chi connectivity index (χ0n) is 18.0. The highest BCUT2D eigenvalue weighted by molar-refractivity contribution is 5.32. The molecule has 0 amide bonds. The van der Waals surface area contributed by atoms with Crippen LogP contribution in [0.25, 0.3) is 0 Å². The molecule has 0 spiro atoms. The van der Waals surface area contributed by atoms with Crippen LogP contribution in [0.4, 0.5) is 13.2 Å². The summed E-state index contributed by atoms with van der Waals surface area (Å²) in [7, 11) is 0. The minimum Gasteiger partial charge on any atom is -0.388 e. The predicted octanol–water partition coefficient (Wildman–Crippen LogP) is 6.92. The maximum atomic E-state index is 14.6. The molecule has 2 fully saturated rings. The lowest BCUT2D eigenvalue weighted by Crippen LogP contribution is -2.16. The van der Waals surface area contributed by atoms with Crippen molar-refractivity contribution in [3.63, 3.8) is 0 Å². The highest BCUT2D eigenvalue weighted by Crippen LogP contribution is 2.41. The number of aryl methyl sites for hydroxylation is 1. The van der Waals surface area contributed by atoms with Crippen LogP contribution in [0, 0.1) is 23.4 Å². The normalized spacial score (nSPS) is 24.2. The fraction of sp³-hybridized carbons (Fsp3) is 0.538. The molecule has 1 aliphatic heterocycles. The van der Waals surface area contributed by atoms with Crippen molar-refractivity contribution in [2.24, 2.45) is 5.92 Å². The monoisotopic (exact) mass is 432 g/mol. The number of halogens is 3. The second kappa shape index (κ2) is 9.74. The van der Waals surface area contributed by atoms with Gasteiger partial charge in [0.25, 0.3) is 0 Å². The topological polar surface area (TPSA) is 32.8 Å².